The molecule has 2 aromatic carbocycles. The largest absolute Gasteiger partial charge is 0.439 e. The third kappa shape index (κ3) is 5.66. The summed E-state index contributed by atoms with van der Waals surface area (Å²) in [6.07, 6.45) is 0.0835. The van der Waals surface area contributed by atoms with Crippen molar-refractivity contribution in [3.8, 4) is 11.6 Å². The van der Waals surface area contributed by atoms with Gasteiger partial charge in [0.15, 0.2) is 6.10 Å². The molecule has 0 saturated carbocycles. The SMILES string of the molecule is [B]c1ccc(C(O)C(=O)Nc2ccc(Oc3cc(NC(=C)C)ncn3)cc2)cc1. The predicted octanol–water partition coefficient (Wildman–Crippen LogP) is 2.68. The van der Waals surface area contributed by atoms with Gasteiger partial charge in [0.1, 0.15) is 25.7 Å². The van der Waals surface area contributed by atoms with E-state index >= 15 is 0 Å². The number of carbonyl (C=O) groups excluding carboxylic acids is 1. The van der Waals surface area contributed by atoms with E-state index in [9.17, 15) is 9.90 Å². The molecule has 1 unspecified atom stereocenters. The number of benzene rings is 2. The van der Waals surface area contributed by atoms with Gasteiger partial charge in [0.05, 0.1) is 0 Å². The van der Waals surface area contributed by atoms with Crippen LogP contribution in [0.5, 0.6) is 11.6 Å². The number of nitrogens with zero attached hydrogens (tertiary/aromatic N) is 2. The first-order valence-corrected chi connectivity index (χ1v) is 8.77. The maximum Gasteiger partial charge on any atom is 0.257 e. The zero-order valence-electron chi connectivity index (χ0n) is 15.8. The number of nitrogens with one attached hydrogen (secondary N) is 2. The van der Waals surface area contributed by atoms with E-state index in [2.05, 4.69) is 27.2 Å². The van der Waals surface area contributed by atoms with Crippen molar-refractivity contribution in [3.63, 3.8) is 0 Å². The van der Waals surface area contributed by atoms with E-state index in [1.165, 1.54) is 6.33 Å². The van der Waals surface area contributed by atoms with Gasteiger partial charge in [0, 0.05) is 17.5 Å². The zero-order chi connectivity index (χ0) is 20.8. The average Bonchev–Trinajstić information content (AvgIpc) is 2.69. The second-order valence-electron chi connectivity index (χ2n) is 6.33. The Kier molecular flexibility index (Phi) is 6.26. The molecule has 3 N–H and O–H groups in total. The molecule has 0 aliphatic heterocycles. The van der Waals surface area contributed by atoms with E-state index in [4.69, 9.17) is 12.6 Å². The number of allylic oxidation sites excluding steroid dienone is 1. The topological polar surface area (TPSA) is 96.4 Å². The van der Waals surface area contributed by atoms with Gasteiger partial charge in [-0.25, -0.2) is 9.97 Å². The molecular weight excluding hydrogens is 367 g/mol. The molecule has 1 heterocycles. The minimum absolute atomic E-state index is 0.360. The van der Waals surface area contributed by atoms with Crippen molar-refractivity contribution < 1.29 is 14.6 Å². The van der Waals surface area contributed by atoms with Crippen LogP contribution in [0.4, 0.5) is 11.5 Å². The summed E-state index contributed by atoms with van der Waals surface area (Å²) in [6.45, 7) is 5.58. The Labute approximate surface area is 169 Å². The predicted molar refractivity (Wildman–Crippen MR) is 112 cm³/mol. The lowest BCUT2D eigenvalue weighted by molar-refractivity contribution is -0.124. The summed E-state index contributed by atoms with van der Waals surface area (Å²) in [5.74, 6) is 0.916. The highest BCUT2D eigenvalue weighted by molar-refractivity contribution is 6.32. The quantitative estimate of drug-likeness (QED) is 0.541. The highest BCUT2D eigenvalue weighted by Gasteiger charge is 2.17. The molecule has 1 atom stereocenters. The number of hydrogen-bond acceptors (Lipinski definition) is 6. The summed E-state index contributed by atoms with van der Waals surface area (Å²) in [7, 11) is 5.62. The molecule has 0 spiro atoms. The van der Waals surface area contributed by atoms with E-state index in [1.807, 2.05) is 6.92 Å². The van der Waals surface area contributed by atoms with E-state index in [1.54, 1.807) is 54.6 Å². The van der Waals surface area contributed by atoms with Crippen LogP contribution < -0.4 is 20.8 Å². The van der Waals surface area contributed by atoms with Gasteiger partial charge in [0.25, 0.3) is 5.91 Å². The van der Waals surface area contributed by atoms with E-state index < -0.39 is 12.0 Å². The first kappa shape index (κ1) is 20.1. The van der Waals surface area contributed by atoms with Crippen LogP contribution in [0.1, 0.15) is 18.6 Å². The molecule has 7 nitrogen and oxygen atoms in total. The smallest absolute Gasteiger partial charge is 0.257 e. The molecule has 0 aliphatic carbocycles. The van der Waals surface area contributed by atoms with Crippen molar-refractivity contribution in [2.24, 2.45) is 0 Å². The number of aromatic nitrogens is 2. The van der Waals surface area contributed by atoms with Crippen LogP contribution in [0.25, 0.3) is 0 Å². The van der Waals surface area contributed by atoms with Crippen LogP contribution in [0.15, 0.2) is 73.2 Å². The fourth-order valence-electron chi connectivity index (χ4n) is 2.45. The molecule has 1 amide bonds. The van der Waals surface area contributed by atoms with Crippen LogP contribution >= 0.6 is 0 Å². The molecule has 8 heteroatoms. The van der Waals surface area contributed by atoms with Crippen molar-refractivity contribution in [1.29, 1.82) is 0 Å². The average molecular weight is 386 g/mol. The number of amides is 1. The Morgan fingerprint density at radius 3 is 2.45 bits per heavy atom. The number of hydrogen-bond donors (Lipinski definition) is 3. The number of carbonyl (C=O) groups is 1. The van der Waals surface area contributed by atoms with Crippen LogP contribution in [0.2, 0.25) is 0 Å². The number of aliphatic hydroxyl groups excluding tert-OH is 1. The summed E-state index contributed by atoms with van der Waals surface area (Å²) in [4.78, 5) is 20.4. The van der Waals surface area contributed by atoms with Crippen LogP contribution in [0.3, 0.4) is 0 Å². The lowest BCUT2D eigenvalue weighted by atomic mass is 9.94. The molecule has 3 rings (SSSR count). The molecule has 1 aromatic heterocycles. The van der Waals surface area contributed by atoms with Crippen molar-refractivity contribution in [1.82, 2.24) is 9.97 Å². The van der Waals surface area contributed by atoms with Crippen molar-refractivity contribution in [2.45, 2.75) is 13.0 Å². The van der Waals surface area contributed by atoms with Crippen molar-refractivity contribution >= 4 is 30.7 Å². The summed E-state index contributed by atoms with van der Waals surface area (Å²) >= 11 is 0. The van der Waals surface area contributed by atoms with Gasteiger partial charge in [-0.05, 0) is 36.8 Å². The second-order valence-corrected chi connectivity index (χ2v) is 6.33. The van der Waals surface area contributed by atoms with Gasteiger partial charge < -0.3 is 20.5 Å². The molecule has 3 aromatic rings. The summed E-state index contributed by atoms with van der Waals surface area (Å²) < 4.78 is 5.69. The van der Waals surface area contributed by atoms with Gasteiger partial charge >= 0.3 is 0 Å². The number of rotatable bonds is 7. The fraction of sp³-hybridized carbons (Fsp3) is 0.0952. The second kappa shape index (κ2) is 9.03. The Balaban J connectivity index is 1.62. The van der Waals surface area contributed by atoms with Gasteiger partial charge in [-0.15, -0.1) is 0 Å². The molecule has 29 heavy (non-hydrogen) atoms. The molecule has 2 radical (unpaired) electrons. The molecule has 144 valence electrons. The van der Waals surface area contributed by atoms with Gasteiger partial charge in [0.2, 0.25) is 5.88 Å². The maximum absolute atomic E-state index is 12.2. The van der Waals surface area contributed by atoms with Crippen molar-refractivity contribution in [2.75, 3.05) is 10.6 Å². The molecular formula is C21H19BN4O3. The van der Waals surface area contributed by atoms with Crippen LogP contribution in [-0.2, 0) is 4.79 Å². The van der Waals surface area contributed by atoms with Gasteiger partial charge in [-0.1, -0.05) is 36.3 Å². The highest BCUT2D eigenvalue weighted by atomic mass is 16.5. The minimum atomic E-state index is -1.30. The number of anilines is 2. The first-order valence-electron chi connectivity index (χ1n) is 8.77. The highest BCUT2D eigenvalue weighted by Crippen LogP contribution is 2.23. The maximum atomic E-state index is 12.2. The summed E-state index contributed by atoms with van der Waals surface area (Å²) in [5.41, 5.74) is 2.28. The molecule has 0 fully saturated rings. The third-order valence-electron chi connectivity index (χ3n) is 3.83. The lowest BCUT2D eigenvalue weighted by Gasteiger charge is -2.12. The van der Waals surface area contributed by atoms with E-state index in [-0.39, 0.29) is 0 Å². The molecule has 0 aliphatic rings. The van der Waals surface area contributed by atoms with Gasteiger partial charge in [-0.3, -0.25) is 4.79 Å². The Morgan fingerprint density at radius 1 is 1.10 bits per heavy atom. The van der Waals surface area contributed by atoms with Crippen molar-refractivity contribution in [3.05, 3.63) is 78.8 Å². The monoisotopic (exact) mass is 386 g/mol. The normalized spacial score (nSPS) is 11.4. The Bertz CT molecular complexity index is 1010. The molecule has 0 saturated heterocycles. The van der Waals surface area contributed by atoms with E-state index in [0.29, 0.717) is 34.2 Å². The minimum Gasteiger partial charge on any atom is -0.439 e. The Hall–Kier alpha value is -3.65. The van der Waals surface area contributed by atoms with Gasteiger partial charge in [-0.2, -0.15) is 0 Å². The molecule has 0 bridgehead atoms. The van der Waals surface area contributed by atoms with Crippen LogP contribution in [-0.4, -0.2) is 28.8 Å². The summed E-state index contributed by atoms with van der Waals surface area (Å²) in [6, 6.07) is 14.8. The lowest BCUT2D eigenvalue weighted by Crippen LogP contribution is -2.21. The summed E-state index contributed by atoms with van der Waals surface area (Å²) in [5, 5.41) is 15.8. The van der Waals surface area contributed by atoms with Crippen LogP contribution in [0, 0.1) is 0 Å². The fourth-order valence-corrected chi connectivity index (χ4v) is 2.45. The standard InChI is InChI=1S/C21H19BN4O3/c1-13(2)25-18-11-19(24-12-23-18)29-17-9-7-16(8-10-17)26-21(28)20(27)14-3-5-15(22)6-4-14/h3-12,20,27H,1H2,2H3,(H,26,28)(H,23,24,25). The number of ether oxygens (including phenoxy) is 1. The first-order chi connectivity index (χ1) is 13.9. The van der Waals surface area contributed by atoms with E-state index in [0.717, 1.165) is 5.70 Å². The Morgan fingerprint density at radius 2 is 1.79 bits per heavy atom. The zero-order valence-corrected chi connectivity index (χ0v) is 15.8. The third-order valence-corrected chi connectivity index (χ3v) is 3.83. The number of aliphatic hydroxyl groups is 1.